The van der Waals surface area contributed by atoms with Crippen LogP contribution in [-0.4, -0.2) is 23.3 Å². The molecule has 3 rings (SSSR count). The molecule has 4 heteroatoms. The summed E-state index contributed by atoms with van der Waals surface area (Å²) in [5.74, 6) is -0.726. The Balaban J connectivity index is 1.71. The maximum atomic E-state index is 12.2. The Morgan fingerprint density at radius 1 is 1.04 bits per heavy atom. The standard InChI is InChI=1S/C19H17NO3/c1-12-7-8-13(2)15(9-12)18(21)11-23-19(22)17-10-14-5-3-4-6-16(14)20-17/h3-10,20H,11H2,1-2H3. The van der Waals surface area contributed by atoms with Crippen LogP contribution >= 0.6 is 0 Å². The number of para-hydroxylation sites is 1. The number of Topliss-reactive ketones (excluding diaryl/α,β-unsaturated/α-hetero) is 1. The zero-order valence-electron chi connectivity index (χ0n) is 13.1. The maximum Gasteiger partial charge on any atom is 0.355 e. The number of rotatable bonds is 4. The van der Waals surface area contributed by atoms with E-state index in [1.54, 1.807) is 6.07 Å². The van der Waals surface area contributed by atoms with Gasteiger partial charge in [-0.3, -0.25) is 4.79 Å². The van der Waals surface area contributed by atoms with Gasteiger partial charge in [0, 0.05) is 16.5 Å². The minimum Gasteiger partial charge on any atom is -0.453 e. The van der Waals surface area contributed by atoms with E-state index in [-0.39, 0.29) is 12.4 Å². The Morgan fingerprint density at radius 2 is 1.83 bits per heavy atom. The molecule has 1 heterocycles. The molecule has 1 N–H and O–H groups in total. The minimum absolute atomic E-state index is 0.198. The number of ether oxygens (including phenoxy) is 1. The van der Waals surface area contributed by atoms with Crippen molar-refractivity contribution in [3.05, 3.63) is 70.9 Å². The van der Waals surface area contributed by atoms with Crippen molar-refractivity contribution in [2.45, 2.75) is 13.8 Å². The number of benzene rings is 2. The van der Waals surface area contributed by atoms with E-state index in [0.29, 0.717) is 11.3 Å². The van der Waals surface area contributed by atoms with E-state index < -0.39 is 5.97 Å². The molecule has 0 aliphatic carbocycles. The number of fused-ring (bicyclic) bond motifs is 1. The lowest BCUT2D eigenvalue weighted by Gasteiger charge is -2.07. The minimum atomic E-state index is -0.528. The van der Waals surface area contributed by atoms with E-state index >= 15 is 0 Å². The van der Waals surface area contributed by atoms with Crippen LogP contribution in [0.3, 0.4) is 0 Å². The SMILES string of the molecule is Cc1ccc(C)c(C(=O)COC(=O)c2cc3ccccc3[nH]2)c1. The van der Waals surface area contributed by atoms with Crippen molar-refractivity contribution >= 4 is 22.7 Å². The fourth-order valence-corrected chi connectivity index (χ4v) is 2.51. The number of esters is 1. The summed E-state index contributed by atoms with van der Waals surface area (Å²) in [5.41, 5.74) is 3.68. The van der Waals surface area contributed by atoms with E-state index in [1.165, 1.54) is 0 Å². The molecular formula is C19H17NO3. The Morgan fingerprint density at radius 3 is 2.61 bits per heavy atom. The molecule has 0 aliphatic heterocycles. The van der Waals surface area contributed by atoms with Gasteiger partial charge in [0.25, 0.3) is 0 Å². The number of aromatic nitrogens is 1. The molecule has 0 fully saturated rings. The molecule has 23 heavy (non-hydrogen) atoms. The average molecular weight is 307 g/mol. The smallest absolute Gasteiger partial charge is 0.355 e. The van der Waals surface area contributed by atoms with Crippen molar-refractivity contribution in [3.63, 3.8) is 0 Å². The van der Waals surface area contributed by atoms with Crippen molar-refractivity contribution < 1.29 is 14.3 Å². The largest absolute Gasteiger partial charge is 0.453 e. The number of hydrogen-bond acceptors (Lipinski definition) is 3. The van der Waals surface area contributed by atoms with Crippen LogP contribution in [-0.2, 0) is 4.74 Å². The molecule has 116 valence electrons. The van der Waals surface area contributed by atoms with Gasteiger partial charge in [-0.25, -0.2) is 4.79 Å². The summed E-state index contributed by atoms with van der Waals surface area (Å²) in [6.07, 6.45) is 0. The number of nitrogens with one attached hydrogen (secondary N) is 1. The van der Waals surface area contributed by atoms with Crippen molar-refractivity contribution in [1.82, 2.24) is 4.98 Å². The summed E-state index contributed by atoms with van der Waals surface area (Å²) < 4.78 is 5.15. The van der Waals surface area contributed by atoms with Crippen molar-refractivity contribution in [2.75, 3.05) is 6.61 Å². The molecule has 0 saturated heterocycles. The quantitative estimate of drug-likeness (QED) is 0.589. The maximum absolute atomic E-state index is 12.2. The molecular weight excluding hydrogens is 290 g/mol. The topological polar surface area (TPSA) is 59.2 Å². The number of ketones is 1. The molecule has 0 unspecified atom stereocenters. The number of aromatic amines is 1. The van der Waals surface area contributed by atoms with E-state index in [0.717, 1.165) is 22.0 Å². The third kappa shape index (κ3) is 3.16. The van der Waals surface area contributed by atoms with Gasteiger partial charge < -0.3 is 9.72 Å². The first-order valence-electron chi connectivity index (χ1n) is 7.40. The van der Waals surface area contributed by atoms with Crippen molar-refractivity contribution in [1.29, 1.82) is 0 Å². The first-order chi connectivity index (χ1) is 11.0. The van der Waals surface area contributed by atoms with Crippen LogP contribution in [0.15, 0.2) is 48.5 Å². The number of carbonyl (C=O) groups excluding carboxylic acids is 2. The molecule has 1 aromatic heterocycles. The molecule has 0 atom stereocenters. The zero-order chi connectivity index (χ0) is 16.4. The summed E-state index contributed by atoms with van der Waals surface area (Å²) in [7, 11) is 0. The molecule has 4 nitrogen and oxygen atoms in total. The molecule has 2 aromatic carbocycles. The Hall–Kier alpha value is -2.88. The first kappa shape index (κ1) is 15.0. The second-order valence-corrected chi connectivity index (χ2v) is 5.59. The van der Waals surface area contributed by atoms with Gasteiger partial charge in [-0.15, -0.1) is 0 Å². The second-order valence-electron chi connectivity index (χ2n) is 5.59. The van der Waals surface area contributed by atoms with Gasteiger partial charge in [-0.2, -0.15) is 0 Å². The number of carbonyl (C=O) groups is 2. The summed E-state index contributed by atoms with van der Waals surface area (Å²) >= 11 is 0. The summed E-state index contributed by atoms with van der Waals surface area (Å²) in [5, 5.41) is 0.931. The summed E-state index contributed by atoms with van der Waals surface area (Å²) in [6, 6.07) is 14.9. The van der Waals surface area contributed by atoms with Gasteiger partial charge in [0.1, 0.15) is 5.69 Å². The highest BCUT2D eigenvalue weighted by atomic mass is 16.5. The van der Waals surface area contributed by atoms with Crippen LogP contribution in [0.4, 0.5) is 0 Å². The van der Waals surface area contributed by atoms with E-state index in [1.807, 2.05) is 56.3 Å². The molecule has 0 saturated carbocycles. The van der Waals surface area contributed by atoms with Gasteiger partial charge >= 0.3 is 5.97 Å². The van der Waals surface area contributed by atoms with Crippen LogP contribution in [0, 0.1) is 13.8 Å². The van der Waals surface area contributed by atoms with Crippen LogP contribution in [0.25, 0.3) is 10.9 Å². The van der Waals surface area contributed by atoms with Crippen LogP contribution in [0.2, 0.25) is 0 Å². The third-order valence-corrected chi connectivity index (χ3v) is 3.78. The fraction of sp³-hybridized carbons (Fsp3) is 0.158. The fourth-order valence-electron chi connectivity index (χ4n) is 2.51. The highest BCUT2D eigenvalue weighted by Gasteiger charge is 2.15. The van der Waals surface area contributed by atoms with Crippen LogP contribution < -0.4 is 0 Å². The van der Waals surface area contributed by atoms with E-state index in [9.17, 15) is 9.59 Å². The van der Waals surface area contributed by atoms with Crippen molar-refractivity contribution in [2.24, 2.45) is 0 Å². The number of hydrogen-bond donors (Lipinski definition) is 1. The predicted octanol–water partition coefficient (Wildman–Crippen LogP) is 3.82. The lowest BCUT2D eigenvalue weighted by Crippen LogP contribution is -2.15. The molecule has 0 bridgehead atoms. The zero-order valence-corrected chi connectivity index (χ0v) is 13.1. The highest BCUT2D eigenvalue weighted by Crippen LogP contribution is 2.16. The predicted molar refractivity (Wildman–Crippen MR) is 88.8 cm³/mol. The molecule has 0 spiro atoms. The lowest BCUT2D eigenvalue weighted by molar-refractivity contribution is 0.0469. The second kappa shape index (κ2) is 6.08. The van der Waals surface area contributed by atoms with Gasteiger partial charge in [-0.1, -0.05) is 35.9 Å². The highest BCUT2D eigenvalue weighted by molar-refractivity contribution is 6.01. The van der Waals surface area contributed by atoms with Crippen LogP contribution in [0.5, 0.6) is 0 Å². The molecule has 0 amide bonds. The Kier molecular flexibility index (Phi) is 3.98. The normalized spacial score (nSPS) is 10.7. The summed E-state index contributed by atoms with van der Waals surface area (Å²) in [6.45, 7) is 3.53. The lowest BCUT2D eigenvalue weighted by atomic mass is 10.0. The van der Waals surface area contributed by atoms with Gasteiger partial charge in [0.05, 0.1) is 0 Å². The Bertz CT molecular complexity index is 860. The molecule has 0 aliphatic rings. The number of H-pyrrole nitrogens is 1. The Labute approximate surface area is 134 Å². The summed E-state index contributed by atoms with van der Waals surface area (Å²) in [4.78, 5) is 27.3. The van der Waals surface area contributed by atoms with Gasteiger partial charge in [0.15, 0.2) is 6.61 Å². The van der Waals surface area contributed by atoms with Crippen molar-refractivity contribution in [3.8, 4) is 0 Å². The third-order valence-electron chi connectivity index (χ3n) is 3.78. The first-order valence-corrected chi connectivity index (χ1v) is 7.40. The average Bonchev–Trinajstić information content (AvgIpc) is 2.98. The van der Waals surface area contributed by atoms with Gasteiger partial charge in [0.2, 0.25) is 5.78 Å². The monoisotopic (exact) mass is 307 g/mol. The van der Waals surface area contributed by atoms with E-state index in [2.05, 4.69) is 4.98 Å². The molecule has 3 aromatic rings. The van der Waals surface area contributed by atoms with Gasteiger partial charge in [-0.05, 0) is 37.6 Å². The van der Waals surface area contributed by atoms with E-state index in [4.69, 9.17) is 4.74 Å². The molecule has 0 radical (unpaired) electrons. The number of aryl methyl sites for hydroxylation is 2. The van der Waals surface area contributed by atoms with Crippen LogP contribution in [0.1, 0.15) is 32.0 Å².